The van der Waals surface area contributed by atoms with Crippen molar-refractivity contribution in [1.29, 1.82) is 0 Å². The number of nitrogens with zero attached hydrogens (tertiary/aromatic N) is 1. The van der Waals surface area contributed by atoms with Crippen molar-refractivity contribution in [1.82, 2.24) is 0 Å². The van der Waals surface area contributed by atoms with Gasteiger partial charge in [0.15, 0.2) is 0 Å². The molecule has 2 aromatic heterocycles. The number of rotatable bonds is 6. The zero-order valence-electron chi connectivity index (χ0n) is 36.9. The lowest BCUT2D eigenvalue weighted by Crippen LogP contribution is -2.18. The number of hydrogen-bond donors (Lipinski definition) is 0. The second-order valence-electron chi connectivity index (χ2n) is 19.2. The van der Waals surface area contributed by atoms with Gasteiger partial charge in [0.05, 0.1) is 22.4 Å². The summed E-state index contributed by atoms with van der Waals surface area (Å²) in [7, 11) is 0. The zero-order valence-corrected chi connectivity index (χ0v) is 36.9. The van der Waals surface area contributed by atoms with Crippen molar-refractivity contribution in [2.45, 2.75) is 64.7 Å². The maximum absolute atomic E-state index is 6.73. The number of fused-ring (bicyclic) bond motifs is 7. The predicted octanol–water partition coefficient (Wildman–Crippen LogP) is 17.4. The second-order valence-corrected chi connectivity index (χ2v) is 19.2. The van der Waals surface area contributed by atoms with E-state index in [4.69, 9.17) is 8.83 Å². The van der Waals surface area contributed by atoms with Crippen molar-refractivity contribution in [3.05, 3.63) is 204 Å². The number of allylic oxidation sites excluding steroid dienone is 1. The van der Waals surface area contributed by atoms with Gasteiger partial charge in [-0.2, -0.15) is 0 Å². The average molecular weight is 818 g/mol. The first-order valence-corrected chi connectivity index (χ1v) is 22.3. The summed E-state index contributed by atoms with van der Waals surface area (Å²) < 4.78 is 13.3. The summed E-state index contributed by atoms with van der Waals surface area (Å²) in [5.41, 5.74) is 18.0. The summed E-state index contributed by atoms with van der Waals surface area (Å²) in [5.74, 6) is 0.172. The van der Waals surface area contributed by atoms with Crippen LogP contribution in [0.2, 0.25) is 0 Å². The van der Waals surface area contributed by atoms with Gasteiger partial charge in [-0.3, -0.25) is 0 Å². The quantitative estimate of drug-likeness (QED) is 0.167. The maximum atomic E-state index is 6.73. The minimum absolute atomic E-state index is 0.00827. The van der Waals surface area contributed by atoms with Crippen LogP contribution < -0.4 is 4.90 Å². The molecule has 11 rings (SSSR count). The maximum Gasteiger partial charge on any atom is 0.143 e. The fourth-order valence-electron chi connectivity index (χ4n) is 9.91. The van der Waals surface area contributed by atoms with Gasteiger partial charge in [0.1, 0.15) is 22.3 Å². The minimum Gasteiger partial charge on any atom is -0.456 e. The SMILES string of the molecule is CC(C)(C)c1cc(C2CC=Cc3cccc(-c4ccccc4N(c4ccccc4-c4cccc5c4oc4ccccc45)c4cccc5oc6ccccc6c45)c32)cc(C(C)(C)C)c1. The van der Waals surface area contributed by atoms with Crippen LogP contribution in [0.3, 0.4) is 0 Å². The zero-order chi connectivity index (χ0) is 43.0. The van der Waals surface area contributed by atoms with E-state index in [-0.39, 0.29) is 16.7 Å². The van der Waals surface area contributed by atoms with Crippen LogP contribution in [0.4, 0.5) is 17.1 Å². The Morgan fingerprint density at radius 2 is 0.984 bits per heavy atom. The Hall–Kier alpha value is -7.10. The van der Waals surface area contributed by atoms with Crippen molar-refractivity contribution in [3.63, 3.8) is 0 Å². The minimum atomic E-state index is 0.00827. The van der Waals surface area contributed by atoms with Crippen LogP contribution in [0.1, 0.15) is 81.7 Å². The predicted molar refractivity (Wildman–Crippen MR) is 266 cm³/mol. The molecule has 0 aliphatic heterocycles. The molecule has 63 heavy (non-hydrogen) atoms. The first kappa shape index (κ1) is 38.8. The first-order chi connectivity index (χ1) is 30.5. The lowest BCUT2D eigenvalue weighted by molar-refractivity contribution is 0.565. The fourth-order valence-corrected chi connectivity index (χ4v) is 9.91. The molecule has 1 aliphatic carbocycles. The highest BCUT2D eigenvalue weighted by Gasteiger charge is 2.30. The molecule has 0 radical (unpaired) electrons. The smallest absolute Gasteiger partial charge is 0.143 e. The number of hydrogen-bond acceptors (Lipinski definition) is 3. The highest BCUT2D eigenvalue weighted by molar-refractivity contribution is 6.15. The molecule has 1 atom stereocenters. The van der Waals surface area contributed by atoms with E-state index in [1.54, 1.807) is 0 Å². The van der Waals surface area contributed by atoms with Crippen LogP contribution in [0.15, 0.2) is 185 Å². The Kier molecular flexibility index (Phi) is 9.10. The summed E-state index contributed by atoms with van der Waals surface area (Å²) in [5, 5.41) is 4.37. The Morgan fingerprint density at radius 1 is 0.460 bits per heavy atom. The van der Waals surface area contributed by atoms with Gasteiger partial charge in [0.25, 0.3) is 0 Å². The van der Waals surface area contributed by atoms with Crippen LogP contribution in [-0.4, -0.2) is 0 Å². The van der Waals surface area contributed by atoms with Gasteiger partial charge in [-0.05, 0) is 87.0 Å². The number of anilines is 3. The highest BCUT2D eigenvalue weighted by atomic mass is 16.3. The number of furan rings is 2. The van der Waals surface area contributed by atoms with Crippen LogP contribution in [0.25, 0.3) is 72.2 Å². The van der Waals surface area contributed by atoms with Gasteiger partial charge in [0, 0.05) is 38.8 Å². The van der Waals surface area contributed by atoms with E-state index < -0.39 is 0 Å². The van der Waals surface area contributed by atoms with Gasteiger partial charge in [0.2, 0.25) is 0 Å². The summed E-state index contributed by atoms with van der Waals surface area (Å²) in [4.78, 5) is 2.47. The number of benzene rings is 8. The normalized spacial score (nSPS) is 14.2. The van der Waals surface area contributed by atoms with E-state index in [0.717, 1.165) is 78.5 Å². The Balaban J connectivity index is 1.19. The third-order valence-electron chi connectivity index (χ3n) is 13.1. The van der Waals surface area contributed by atoms with E-state index in [0.29, 0.717) is 0 Å². The van der Waals surface area contributed by atoms with Crippen molar-refractivity contribution in [2.24, 2.45) is 0 Å². The monoisotopic (exact) mass is 817 g/mol. The summed E-state index contributed by atoms with van der Waals surface area (Å²) >= 11 is 0. The van der Waals surface area contributed by atoms with Gasteiger partial charge in [-0.25, -0.2) is 0 Å². The second kappa shape index (κ2) is 14.8. The van der Waals surface area contributed by atoms with E-state index in [2.05, 4.69) is 216 Å². The molecule has 3 nitrogen and oxygen atoms in total. The van der Waals surface area contributed by atoms with Crippen LogP contribution in [-0.2, 0) is 10.8 Å². The van der Waals surface area contributed by atoms with Crippen molar-refractivity contribution >= 4 is 67.0 Å². The lowest BCUT2D eigenvalue weighted by atomic mass is 9.74. The van der Waals surface area contributed by atoms with Gasteiger partial charge in [-0.15, -0.1) is 0 Å². The molecule has 10 aromatic rings. The molecule has 308 valence electrons. The van der Waals surface area contributed by atoms with Crippen molar-refractivity contribution < 1.29 is 8.83 Å². The molecule has 8 aromatic carbocycles. The van der Waals surface area contributed by atoms with Crippen molar-refractivity contribution in [3.8, 4) is 22.3 Å². The molecule has 0 amide bonds. The molecular weight excluding hydrogens is 767 g/mol. The average Bonchev–Trinajstić information content (AvgIpc) is 3.88. The van der Waals surface area contributed by atoms with E-state index in [9.17, 15) is 0 Å². The molecular formula is C60H51NO2. The topological polar surface area (TPSA) is 29.5 Å². The third-order valence-corrected chi connectivity index (χ3v) is 13.1. The first-order valence-electron chi connectivity index (χ1n) is 22.3. The van der Waals surface area contributed by atoms with E-state index >= 15 is 0 Å². The molecule has 0 N–H and O–H groups in total. The van der Waals surface area contributed by atoms with E-state index in [1.165, 1.54) is 38.9 Å². The van der Waals surface area contributed by atoms with Gasteiger partial charge >= 0.3 is 0 Å². The molecule has 2 heterocycles. The fraction of sp³-hybridized carbons (Fsp3) is 0.167. The Bertz CT molecular complexity index is 3380. The van der Waals surface area contributed by atoms with Gasteiger partial charge in [-0.1, -0.05) is 187 Å². The van der Waals surface area contributed by atoms with Crippen LogP contribution >= 0.6 is 0 Å². The molecule has 0 bridgehead atoms. The molecule has 0 fully saturated rings. The molecule has 3 heteroatoms. The standard InChI is InChI=1S/C60H51NO2/c1-59(2,3)40-35-39(36-41(37-40)60(4,5)6)42-25-15-19-38-20-16-26-46(56(38)42)43-21-7-11-29-50(43)61(52-31-18-34-55-57(52)49-24-10-14-33-54(49)62-55)51-30-12-8-22-44(51)47-27-17-28-48-45-23-9-13-32-53(45)63-58(47)48/h7-24,26-37,42H,25H2,1-6H3. The lowest BCUT2D eigenvalue weighted by Gasteiger charge is -2.33. The molecule has 1 aliphatic rings. The molecule has 1 unspecified atom stereocenters. The summed E-state index contributed by atoms with van der Waals surface area (Å²) in [6.45, 7) is 14.0. The largest absolute Gasteiger partial charge is 0.456 e. The molecule has 0 saturated heterocycles. The van der Waals surface area contributed by atoms with Crippen LogP contribution in [0.5, 0.6) is 0 Å². The molecule has 0 spiro atoms. The highest BCUT2D eigenvalue weighted by Crippen LogP contribution is 2.52. The molecule has 0 saturated carbocycles. The van der Waals surface area contributed by atoms with Crippen LogP contribution in [0, 0.1) is 0 Å². The third kappa shape index (κ3) is 6.57. The van der Waals surface area contributed by atoms with E-state index in [1.807, 2.05) is 12.1 Å². The number of para-hydroxylation sites is 5. The Morgan fingerprint density at radius 3 is 1.70 bits per heavy atom. The summed E-state index contributed by atoms with van der Waals surface area (Å²) in [6, 6.07) is 61.7. The summed E-state index contributed by atoms with van der Waals surface area (Å²) in [6.07, 6.45) is 5.63. The van der Waals surface area contributed by atoms with Crippen molar-refractivity contribution in [2.75, 3.05) is 4.90 Å². The Labute approximate surface area is 369 Å². The van der Waals surface area contributed by atoms with Gasteiger partial charge < -0.3 is 13.7 Å².